The summed E-state index contributed by atoms with van der Waals surface area (Å²) in [6, 6.07) is 8.74. The van der Waals surface area contributed by atoms with Crippen LogP contribution in [0.5, 0.6) is 0 Å². The van der Waals surface area contributed by atoms with Crippen molar-refractivity contribution >= 4 is 37.4 Å². The van der Waals surface area contributed by atoms with Gasteiger partial charge < -0.3 is 0 Å². The lowest BCUT2D eigenvalue weighted by atomic mass is 10.0. The molecule has 0 bridgehead atoms. The van der Waals surface area contributed by atoms with Crippen LogP contribution in [0.1, 0.15) is 68.7 Å². The first-order valence-corrected chi connectivity index (χ1v) is 9.72. The second-order valence-corrected chi connectivity index (χ2v) is 7.58. The third kappa shape index (κ3) is 4.60. The average molecular weight is 353 g/mol. The van der Waals surface area contributed by atoms with Gasteiger partial charge in [0.1, 0.15) is 0 Å². The van der Waals surface area contributed by atoms with E-state index in [-0.39, 0.29) is 0 Å². The Morgan fingerprint density at radius 3 is 2.50 bits per heavy atom. The monoisotopic (exact) mass is 352 g/mol. The summed E-state index contributed by atoms with van der Waals surface area (Å²) in [5.41, 5.74) is 1.48. The van der Waals surface area contributed by atoms with E-state index in [9.17, 15) is 0 Å². The first kappa shape index (κ1) is 16.0. The second-order valence-electron chi connectivity index (χ2n) is 5.56. The first-order valence-electron chi connectivity index (χ1n) is 7.93. The van der Waals surface area contributed by atoms with Crippen molar-refractivity contribution in [3.63, 3.8) is 0 Å². The van der Waals surface area contributed by atoms with Gasteiger partial charge >= 0.3 is 0 Å². The van der Waals surface area contributed by atoms with Crippen molar-refractivity contribution in [3.8, 4) is 0 Å². The molecular formula is C18H25BrS. The van der Waals surface area contributed by atoms with Gasteiger partial charge in [0.25, 0.3) is 0 Å². The lowest BCUT2D eigenvalue weighted by Crippen LogP contribution is -1.89. The molecule has 0 saturated carbocycles. The molecule has 2 rings (SSSR count). The highest BCUT2D eigenvalue weighted by atomic mass is 79.9. The van der Waals surface area contributed by atoms with Crippen molar-refractivity contribution in [2.45, 2.75) is 63.1 Å². The highest BCUT2D eigenvalue weighted by molar-refractivity contribution is 9.09. The molecule has 2 heteroatoms. The van der Waals surface area contributed by atoms with Crippen molar-refractivity contribution in [3.05, 3.63) is 35.2 Å². The summed E-state index contributed by atoms with van der Waals surface area (Å²) in [7, 11) is 0. The van der Waals surface area contributed by atoms with E-state index < -0.39 is 0 Å². The van der Waals surface area contributed by atoms with E-state index >= 15 is 0 Å². The Hall–Kier alpha value is -0.340. The summed E-state index contributed by atoms with van der Waals surface area (Å²) in [5.74, 6) is 0. The fraction of sp³-hybridized carbons (Fsp3) is 0.556. The van der Waals surface area contributed by atoms with Crippen molar-refractivity contribution in [2.75, 3.05) is 0 Å². The fourth-order valence-corrected chi connectivity index (χ4v) is 4.57. The van der Waals surface area contributed by atoms with E-state index in [1.165, 1.54) is 67.0 Å². The molecular weight excluding hydrogens is 328 g/mol. The van der Waals surface area contributed by atoms with Crippen LogP contribution in [0.3, 0.4) is 0 Å². The van der Waals surface area contributed by atoms with Crippen LogP contribution in [0.2, 0.25) is 0 Å². The lowest BCUT2D eigenvalue weighted by Gasteiger charge is -2.09. The van der Waals surface area contributed by atoms with Crippen molar-refractivity contribution in [1.29, 1.82) is 0 Å². The maximum atomic E-state index is 3.89. The molecule has 0 spiro atoms. The minimum absolute atomic E-state index is 0.522. The molecule has 1 unspecified atom stereocenters. The Morgan fingerprint density at radius 2 is 1.70 bits per heavy atom. The van der Waals surface area contributed by atoms with E-state index in [0.29, 0.717) is 4.83 Å². The van der Waals surface area contributed by atoms with E-state index in [1.54, 1.807) is 0 Å². The summed E-state index contributed by atoms with van der Waals surface area (Å²) in [6.45, 7) is 2.28. The Bertz CT molecular complexity index is 503. The summed E-state index contributed by atoms with van der Waals surface area (Å²) < 4.78 is 1.41. The van der Waals surface area contributed by atoms with Gasteiger partial charge in [0.2, 0.25) is 0 Å². The minimum atomic E-state index is 0.522. The van der Waals surface area contributed by atoms with Gasteiger partial charge in [-0.3, -0.25) is 0 Å². The number of hydrogen-bond acceptors (Lipinski definition) is 1. The maximum Gasteiger partial charge on any atom is 0.0409 e. The van der Waals surface area contributed by atoms with Crippen LogP contribution in [0, 0.1) is 0 Å². The molecule has 0 radical (unpaired) electrons. The van der Waals surface area contributed by atoms with Gasteiger partial charge in [-0.15, -0.1) is 11.3 Å². The molecule has 20 heavy (non-hydrogen) atoms. The van der Waals surface area contributed by atoms with Crippen LogP contribution in [0.25, 0.3) is 10.1 Å². The zero-order valence-electron chi connectivity index (χ0n) is 12.4. The van der Waals surface area contributed by atoms with Crippen molar-refractivity contribution in [1.82, 2.24) is 0 Å². The van der Waals surface area contributed by atoms with Crippen molar-refractivity contribution in [2.24, 2.45) is 0 Å². The first-order chi connectivity index (χ1) is 9.83. The summed E-state index contributed by atoms with van der Waals surface area (Å²) in [5, 5.41) is 3.76. The standard InChI is InChI=1S/C18H25BrS/c1-2-3-4-5-6-7-8-12-17(19)16-14-20-18-13-10-9-11-15(16)18/h9-11,13-14,17H,2-8,12H2,1H3. The van der Waals surface area contributed by atoms with Gasteiger partial charge in [0.15, 0.2) is 0 Å². The Balaban J connectivity index is 1.73. The van der Waals surface area contributed by atoms with E-state index in [1.807, 2.05) is 11.3 Å². The molecule has 0 fully saturated rings. The molecule has 0 N–H and O–H groups in total. The molecule has 1 aromatic heterocycles. The number of rotatable bonds is 9. The van der Waals surface area contributed by atoms with Gasteiger partial charge in [0, 0.05) is 9.53 Å². The molecule has 0 aliphatic rings. The number of hydrogen-bond donors (Lipinski definition) is 0. The summed E-state index contributed by atoms with van der Waals surface area (Å²) in [6.07, 6.45) is 11.0. The van der Waals surface area contributed by atoms with Crippen LogP contribution < -0.4 is 0 Å². The van der Waals surface area contributed by atoms with Gasteiger partial charge in [-0.1, -0.05) is 86.0 Å². The maximum absolute atomic E-state index is 3.89. The summed E-state index contributed by atoms with van der Waals surface area (Å²) >= 11 is 5.75. The molecule has 0 aliphatic carbocycles. The predicted molar refractivity (Wildman–Crippen MR) is 96.1 cm³/mol. The molecule has 2 aromatic rings. The minimum Gasteiger partial charge on any atom is -0.143 e. The predicted octanol–water partition coefficient (Wildman–Crippen LogP) is 7.48. The quantitative estimate of drug-likeness (QED) is 0.324. The molecule has 1 aromatic carbocycles. The number of unbranched alkanes of at least 4 members (excludes halogenated alkanes) is 6. The molecule has 0 nitrogen and oxygen atoms in total. The normalized spacial score (nSPS) is 12.9. The molecule has 1 heterocycles. The third-order valence-corrected chi connectivity index (χ3v) is 5.84. The van der Waals surface area contributed by atoms with E-state index in [0.717, 1.165) is 0 Å². The van der Waals surface area contributed by atoms with Crippen LogP contribution in [0.15, 0.2) is 29.6 Å². The lowest BCUT2D eigenvalue weighted by molar-refractivity contribution is 0.575. The number of thiophene rings is 1. The van der Waals surface area contributed by atoms with Gasteiger partial charge in [0.05, 0.1) is 0 Å². The number of halogens is 1. The Labute approximate surface area is 135 Å². The molecule has 0 saturated heterocycles. The van der Waals surface area contributed by atoms with Crippen LogP contribution in [-0.4, -0.2) is 0 Å². The number of fused-ring (bicyclic) bond motifs is 1. The van der Waals surface area contributed by atoms with Crippen LogP contribution in [0.4, 0.5) is 0 Å². The smallest absolute Gasteiger partial charge is 0.0409 e. The second kappa shape index (κ2) is 8.84. The summed E-state index contributed by atoms with van der Waals surface area (Å²) in [4.78, 5) is 0.522. The zero-order chi connectivity index (χ0) is 14.2. The number of alkyl halides is 1. The topological polar surface area (TPSA) is 0 Å². The highest BCUT2D eigenvalue weighted by Crippen LogP contribution is 2.37. The number of benzene rings is 1. The van der Waals surface area contributed by atoms with Gasteiger partial charge in [-0.25, -0.2) is 0 Å². The Kier molecular flexibility index (Phi) is 7.09. The largest absolute Gasteiger partial charge is 0.143 e. The molecule has 110 valence electrons. The fourth-order valence-electron chi connectivity index (χ4n) is 2.68. The SMILES string of the molecule is CCCCCCCCCC(Br)c1csc2ccccc12. The van der Waals surface area contributed by atoms with Gasteiger partial charge in [-0.05, 0) is 28.8 Å². The average Bonchev–Trinajstić information content (AvgIpc) is 2.90. The third-order valence-electron chi connectivity index (χ3n) is 3.91. The van der Waals surface area contributed by atoms with Gasteiger partial charge in [-0.2, -0.15) is 0 Å². The zero-order valence-corrected chi connectivity index (χ0v) is 14.8. The highest BCUT2D eigenvalue weighted by Gasteiger charge is 2.12. The molecule has 1 atom stereocenters. The Morgan fingerprint density at radius 1 is 1.00 bits per heavy atom. The molecule has 0 aliphatic heterocycles. The van der Waals surface area contributed by atoms with Crippen LogP contribution >= 0.6 is 27.3 Å². The van der Waals surface area contributed by atoms with Crippen molar-refractivity contribution < 1.29 is 0 Å². The van der Waals surface area contributed by atoms with E-state index in [2.05, 4.69) is 52.5 Å². The van der Waals surface area contributed by atoms with E-state index in [4.69, 9.17) is 0 Å². The van der Waals surface area contributed by atoms with Crippen LogP contribution in [-0.2, 0) is 0 Å². The molecule has 0 amide bonds.